The number of benzene rings is 1. The Morgan fingerprint density at radius 2 is 1.91 bits per heavy atom. The minimum absolute atomic E-state index is 0.000535. The minimum atomic E-state index is -1.09. The highest BCUT2D eigenvalue weighted by atomic mass is 19.1. The van der Waals surface area contributed by atoms with Crippen LogP contribution >= 0.6 is 0 Å². The molecule has 0 radical (unpaired) electrons. The van der Waals surface area contributed by atoms with E-state index in [2.05, 4.69) is 0 Å². The Morgan fingerprint density at radius 3 is 2.61 bits per heavy atom. The SMILES string of the molecule is COCOc1cc(OC)cc2c1C(=O)OC(C)C/C=C(/F)C(=O)C1OC(C)(C)O[C@H]1C/C=C/2. The van der Waals surface area contributed by atoms with Gasteiger partial charge in [0.25, 0.3) is 0 Å². The molecule has 2 heterocycles. The molecule has 1 saturated heterocycles. The van der Waals surface area contributed by atoms with Crippen LogP contribution < -0.4 is 9.47 Å². The molecule has 1 fully saturated rings. The first kappa shape index (κ1) is 24.9. The van der Waals surface area contributed by atoms with Crippen molar-refractivity contribution in [1.82, 2.24) is 0 Å². The summed E-state index contributed by atoms with van der Waals surface area (Å²) in [6.07, 6.45) is 2.24. The van der Waals surface area contributed by atoms with E-state index in [4.69, 9.17) is 28.4 Å². The number of ketones is 1. The van der Waals surface area contributed by atoms with Crippen LogP contribution in [0.4, 0.5) is 4.39 Å². The largest absolute Gasteiger partial charge is 0.497 e. The molecule has 3 rings (SSSR count). The maximum atomic E-state index is 14.6. The molecular weight excluding hydrogens is 435 g/mol. The maximum absolute atomic E-state index is 14.6. The molecule has 0 saturated carbocycles. The monoisotopic (exact) mass is 464 g/mol. The molecule has 0 spiro atoms. The lowest BCUT2D eigenvalue weighted by molar-refractivity contribution is -0.153. The van der Waals surface area contributed by atoms with E-state index in [0.717, 1.165) is 6.08 Å². The third kappa shape index (κ3) is 5.98. The number of ether oxygens (including phenoxy) is 6. The number of hydrogen-bond acceptors (Lipinski definition) is 8. The molecule has 180 valence electrons. The summed E-state index contributed by atoms with van der Waals surface area (Å²) in [6, 6.07) is 3.23. The maximum Gasteiger partial charge on any atom is 0.342 e. The quantitative estimate of drug-likeness (QED) is 0.489. The van der Waals surface area contributed by atoms with Crippen molar-refractivity contribution in [3.63, 3.8) is 0 Å². The van der Waals surface area contributed by atoms with Crippen molar-refractivity contribution >= 4 is 17.8 Å². The first-order valence-electron chi connectivity index (χ1n) is 10.6. The summed E-state index contributed by atoms with van der Waals surface area (Å²) in [7, 11) is 2.96. The number of esters is 1. The van der Waals surface area contributed by atoms with Crippen molar-refractivity contribution in [2.45, 2.75) is 57.7 Å². The van der Waals surface area contributed by atoms with Crippen molar-refractivity contribution in [1.29, 1.82) is 0 Å². The smallest absolute Gasteiger partial charge is 0.342 e. The standard InChI is InChI=1S/C24H29FO8/c1-14-9-10-17(25)21(26)22-18(32-24(2,3)33-22)8-6-7-15-11-16(29-5)12-19(30-13-28-4)20(15)23(27)31-14/h6-7,10-12,14,18,22H,8-9,13H2,1-5H3/b7-6+,17-10+/t14?,18-,22?/m0/s1. The fourth-order valence-electron chi connectivity index (χ4n) is 3.67. The summed E-state index contributed by atoms with van der Waals surface area (Å²) >= 11 is 0. The van der Waals surface area contributed by atoms with Gasteiger partial charge in [-0.15, -0.1) is 0 Å². The van der Waals surface area contributed by atoms with Gasteiger partial charge >= 0.3 is 5.97 Å². The summed E-state index contributed by atoms with van der Waals surface area (Å²) in [5, 5.41) is 0. The number of hydrogen-bond donors (Lipinski definition) is 0. The lowest BCUT2D eigenvalue weighted by Gasteiger charge is -2.18. The third-order valence-corrected chi connectivity index (χ3v) is 5.16. The van der Waals surface area contributed by atoms with E-state index in [1.807, 2.05) is 0 Å². The van der Waals surface area contributed by atoms with E-state index in [0.29, 0.717) is 11.3 Å². The highest BCUT2D eigenvalue weighted by Gasteiger charge is 2.45. The van der Waals surface area contributed by atoms with E-state index in [9.17, 15) is 14.0 Å². The average Bonchev–Trinajstić information content (AvgIpc) is 3.08. The zero-order valence-corrected chi connectivity index (χ0v) is 19.4. The van der Waals surface area contributed by atoms with E-state index >= 15 is 0 Å². The van der Waals surface area contributed by atoms with Crippen LogP contribution in [0.25, 0.3) is 6.08 Å². The van der Waals surface area contributed by atoms with Crippen LogP contribution in [0.1, 0.15) is 49.5 Å². The topological polar surface area (TPSA) is 89.5 Å². The minimum Gasteiger partial charge on any atom is -0.497 e. The number of Topliss-reactive ketones (excluding diaryl/α,β-unsaturated/α-hetero) is 1. The third-order valence-electron chi connectivity index (χ3n) is 5.16. The molecule has 8 nitrogen and oxygen atoms in total. The van der Waals surface area contributed by atoms with Gasteiger partial charge in [0.15, 0.2) is 24.5 Å². The van der Waals surface area contributed by atoms with Crippen molar-refractivity contribution in [3.8, 4) is 11.5 Å². The molecular formula is C24H29FO8. The predicted octanol–water partition coefficient (Wildman–Crippen LogP) is 3.97. The number of carbonyl (C=O) groups excluding carboxylic acids is 2. The Labute approximate surface area is 192 Å². The molecule has 2 aliphatic rings. The summed E-state index contributed by atoms with van der Waals surface area (Å²) in [5.74, 6) is -2.77. The molecule has 0 aliphatic carbocycles. The predicted molar refractivity (Wildman–Crippen MR) is 117 cm³/mol. The second kappa shape index (κ2) is 10.5. The fourth-order valence-corrected chi connectivity index (χ4v) is 3.67. The van der Waals surface area contributed by atoms with Gasteiger partial charge in [0, 0.05) is 19.6 Å². The number of rotatable bonds is 4. The van der Waals surface area contributed by atoms with Crippen molar-refractivity contribution in [2.75, 3.05) is 21.0 Å². The van der Waals surface area contributed by atoms with Gasteiger partial charge in [-0.2, -0.15) is 0 Å². The van der Waals surface area contributed by atoms with Gasteiger partial charge in [-0.1, -0.05) is 12.2 Å². The number of fused-ring (bicyclic) bond motifs is 2. The van der Waals surface area contributed by atoms with E-state index < -0.39 is 41.7 Å². The second-order valence-corrected chi connectivity index (χ2v) is 8.24. The van der Waals surface area contributed by atoms with Gasteiger partial charge in [0.1, 0.15) is 23.2 Å². The number of cyclic esters (lactones) is 1. The van der Waals surface area contributed by atoms with E-state index in [-0.39, 0.29) is 30.9 Å². The molecule has 1 aromatic rings. The molecule has 3 atom stereocenters. The van der Waals surface area contributed by atoms with Gasteiger partial charge < -0.3 is 28.4 Å². The fraction of sp³-hybridized carbons (Fsp3) is 0.500. The van der Waals surface area contributed by atoms with Crippen LogP contribution in [0, 0.1) is 0 Å². The Hall–Kier alpha value is -2.75. The molecule has 0 bridgehead atoms. The molecule has 33 heavy (non-hydrogen) atoms. The normalized spacial score (nSPS) is 27.9. The van der Waals surface area contributed by atoms with Crippen LogP contribution in [0.3, 0.4) is 0 Å². The molecule has 2 unspecified atom stereocenters. The number of carbonyl (C=O) groups is 2. The van der Waals surface area contributed by atoms with Gasteiger partial charge in [-0.25, -0.2) is 9.18 Å². The van der Waals surface area contributed by atoms with Crippen LogP contribution in [0.15, 0.2) is 30.1 Å². The highest BCUT2D eigenvalue weighted by Crippen LogP contribution is 2.34. The first-order chi connectivity index (χ1) is 15.6. The molecule has 0 aromatic heterocycles. The van der Waals surface area contributed by atoms with Gasteiger partial charge in [0.05, 0.1) is 13.2 Å². The van der Waals surface area contributed by atoms with E-state index in [1.165, 1.54) is 14.2 Å². The van der Waals surface area contributed by atoms with Crippen LogP contribution in [0.2, 0.25) is 0 Å². The lowest BCUT2D eigenvalue weighted by atomic mass is 10.0. The van der Waals surface area contributed by atoms with Crippen molar-refractivity contribution < 1.29 is 42.4 Å². The Kier molecular flexibility index (Phi) is 7.88. The Balaban J connectivity index is 2.06. The highest BCUT2D eigenvalue weighted by molar-refractivity contribution is 5.98. The molecule has 0 amide bonds. The summed E-state index contributed by atoms with van der Waals surface area (Å²) < 4.78 is 47.6. The Bertz CT molecular complexity index is 952. The zero-order chi connectivity index (χ0) is 24.2. The summed E-state index contributed by atoms with van der Waals surface area (Å²) in [6.45, 7) is 4.85. The van der Waals surface area contributed by atoms with Crippen molar-refractivity contribution in [2.24, 2.45) is 0 Å². The number of halogens is 1. The van der Waals surface area contributed by atoms with Gasteiger partial charge in [0.2, 0.25) is 5.78 Å². The average molecular weight is 464 g/mol. The summed E-state index contributed by atoms with van der Waals surface area (Å²) in [5.41, 5.74) is 0.659. The van der Waals surface area contributed by atoms with Crippen LogP contribution in [-0.2, 0) is 23.7 Å². The number of methoxy groups -OCH3 is 2. The van der Waals surface area contributed by atoms with Crippen LogP contribution in [-0.4, -0.2) is 56.9 Å². The Morgan fingerprint density at radius 1 is 1.15 bits per heavy atom. The summed E-state index contributed by atoms with van der Waals surface area (Å²) in [4.78, 5) is 25.7. The zero-order valence-electron chi connectivity index (χ0n) is 19.4. The van der Waals surface area contributed by atoms with Crippen molar-refractivity contribution in [3.05, 3.63) is 41.2 Å². The molecule has 0 N–H and O–H groups in total. The molecule has 9 heteroatoms. The van der Waals surface area contributed by atoms with E-state index in [1.54, 1.807) is 45.1 Å². The van der Waals surface area contributed by atoms with Gasteiger partial charge in [-0.05, 0) is 44.9 Å². The first-order valence-corrected chi connectivity index (χ1v) is 10.6. The molecule has 1 aromatic carbocycles. The molecule has 2 aliphatic heterocycles. The second-order valence-electron chi connectivity index (χ2n) is 8.24. The van der Waals surface area contributed by atoms with Gasteiger partial charge in [-0.3, -0.25) is 4.79 Å². The van der Waals surface area contributed by atoms with Crippen LogP contribution in [0.5, 0.6) is 11.5 Å². The lowest BCUT2D eigenvalue weighted by Crippen LogP contribution is -2.32.